The van der Waals surface area contributed by atoms with Crippen LogP contribution < -0.4 is 11.1 Å². The van der Waals surface area contributed by atoms with Crippen molar-refractivity contribution in [2.75, 3.05) is 5.32 Å². The predicted octanol–water partition coefficient (Wildman–Crippen LogP) is 3.26. The van der Waals surface area contributed by atoms with Crippen molar-refractivity contribution >= 4 is 34.4 Å². The number of aryl methyl sites for hydroxylation is 1. The van der Waals surface area contributed by atoms with Crippen LogP contribution in [0.25, 0.3) is 0 Å². The molecule has 2 aromatic rings. The van der Waals surface area contributed by atoms with Gasteiger partial charge in [0.1, 0.15) is 10.8 Å². The zero-order valence-electron chi connectivity index (χ0n) is 10.3. The fraction of sp³-hybridized carbons (Fsp3) is 0.231. The maximum absolute atomic E-state index is 5.69. The summed E-state index contributed by atoms with van der Waals surface area (Å²) >= 11 is 6.80. The standard InChI is InChI=1S/C13H15N3S2/c1-8-5-6-11(18-8)9(2)16-13-10(12(14)17)4-3-7-15-13/h3-7,9H,1-2H3,(H2,14,17)(H,15,16). The molecule has 3 N–H and O–H groups in total. The van der Waals surface area contributed by atoms with Gasteiger partial charge in [0, 0.05) is 16.0 Å². The predicted molar refractivity (Wildman–Crippen MR) is 81.2 cm³/mol. The van der Waals surface area contributed by atoms with Crippen molar-refractivity contribution in [3.05, 3.63) is 45.8 Å². The second-order valence-corrected chi connectivity index (χ2v) is 5.84. The molecule has 0 bridgehead atoms. The minimum Gasteiger partial charge on any atom is -0.389 e. The molecule has 0 spiro atoms. The lowest BCUT2D eigenvalue weighted by Crippen LogP contribution is -2.15. The zero-order chi connectivity index (χ0) is 13.1. The van der Waals surface area contributed by atoms with E-state index in [0.29, 0.717) is 4.99 Å². The van der Waals surface area contributed by atoms with Crippen molar-refractivity contribution in [2.45, 2.75) is 19.9 Å². The van der Waals surface area contributed by atoms with E-state index in [9.17, 15) is 0 Å². The topological polar surface area (TPSA) is 50.9 Å². The highest BCUT2D eigenvalue weighted by molar-refractivity contribution is 7.80. The molecule has 0 fully saturated rings. The quantitative estimate of drug-likeness (QED) is 0.842. The Morgan fingerprint density at radius 1 is 1.44 bits per heavy atom. The van der Waals surface area contributed by atoms with Gasteiger partial charge in [0.25, 0.3) is 0 Å². The summed E-state index contributed by atoms with van der Waals surface area (Å²) in [5, 5.41) is 3.35. The normalized spacial score (nSPS) is 12.1. The molecule has 0 amide bonds. The summed E-state index contributed by atoms with van der Waals surface area (Å²) in [6, 6.07) is 8.14. The first kappa shape index (κ1) is 13.0. The number of thiocarbonyl (C=S) groups is 1. The Kier molecular flexibility index (Phi) is 3.93. The molecule has 2 aromatic heterocycles. The highest BCUT2D eigenvalue weighted by Crippen LogP contribution is 2.26. The first-order chi connectivity index (χ1) is 8.58. The summed E-state index contributed by atoms with van der Waals surface area (Å²) in [6.07, 6.45) is 1.73. The third-order valence-corrected chi connectivity index (χ3v) is 4.02. The third-order valence-electron chi connectivity index (χ3n) is 2.61. The van der Waals surface area contributed by atoms with Crippen LogP contribution in [0.4, 0.5) is 5.82 Å². The Labute approximate surface area is 116 Å². The lowest BCUT2D eigenvalue weighted by molar-refractivity contribution is 0.896. The van der Waals surface area contributed by atoms with Crippen molar-refractivity contribution < 1.29 is 0 Å². The summed E-state index contributed by atoms with van der Waals surface area (Å²) in [7, 11) is 0. The fourth-order valence-corrected chi connectivity index (χ4v) is 2.73. The maximum Gasteiger partial charge on any atom is 0.136 e. The van der Waals surface area contributed by atoms with Crippen LogP contribution in [0.3, 0.4) is 0 Å². The number of anilines is 1. The van der Waals surface area contributed by atoms with Crippen LogP contribution in [0.2, 0.25) is 0 Å². The second-order valence-electron chi connectivity index (χ2n) is 4.08. The Balaban J connectivity index is 2.21. The van der Waals surface area contributed by atoms with E-state index in [1.54, 1.807) is 17.5 Å². The van der Waals surface area contributed by atoms with Gasteiger partial charge < -0.3 is 11.1 Å². The van der Waals surface area contributed by atoms with E-state index >= 15 is 0 Å². The lowest BCUT2D eigenvalue weighted by atomic mass is 10.2. The monoisotopic (exact) mass is 277 g/mol. The molecular formula is C13H15N3S2. The minimum absolute atomic E-state index is 0.187. The van der Waals surface area contributed by atoms with Gasteiger partial charge in [-0.3, -0.25) is 0 Å². The number of hydrogen-bond acceptors (Lipinski definition) is 4. The maximum atomic E-state index is 5.69. The van der Waals surface area contributed by atoms with Gasteiger partial charge in [0.15, 0.2) is 0 Å². The first-order valence-corrected chi connectivity index (χ1v) is 6.88. The van der Waals surface area contributed by atoms with Crippen LogP contribution in [0, 0.1) is 6.92 Å². The van der Waals surface area contributed by atoms with E-state index in [0.717, 1.165) is 11.4 Å². The number of aromatic nitrogens is 1. The van der Waals surface area contributed by atoms with Crippen molar-refractivity contribution in [3.8, 4) is 0 Å². The SMILES string of the molecule is Cc1ccc(C(C)Nc2ncccc2C(N)=S)s1. The molecule has 5 heteroatoms. The van der Waals surface area contributed by atoms with Crippen molar-refractivity contribution in [2.24, 2.45) is 5.73 Å². The largest absolute Gasteiger partial charge is 0.389 e. The molecule has 18 heavy (non-hydrogen) atoms. The van der Waals surface area contributed by atoms with Gasteiger partial charge in [0.2, 0.25) is 0 Å². The van der Waals surface area contributed by atoms with Crippen molar-refractivity contribution in [1.82, 2.24) is 4.98 Å². The Morgan fingerprint density at radius 3 is 2.83 bits per heavy atom. The molecule has 0 aliphatic heterocycles. The number of nitrogens with zero attached hydrogens (tertiary/aromatic N) is 1. The summed E-state index contributed by atoms with van der Waals surface area (Å²) in [5.41, 5.74) is 6.47. The summed E-state index contributed by atoms with van der Waals surface area (Å²) in [6.45, 7) is 4.20. The minimum atomic E-state index is 0.187. The molecule has 94 valence electrons. The molecule has 0 saturated carbocycles. The molecule has 0 aromatic carbocycles. The number of hydrogen-bond donors (Lipinski definition) is 2. The third kappa shape index (κ3) is 2.86. The van der Waals surface area contributed by atoms with Crippen LogP contribution >= 0.6 is 23.6 Å². The van der Waals surface area contributed by atoms with E-state index in [4.69, 9.17) is 18.0 Å². The average molecular weight is 277 g/mol. The smallest absolute Gasteiger partial charge is 0.136 e. The van der Waals surface area contributed by atoms with Gasteiger partial charge in [-0.1, -0.05) is 12.2 Å². The highest BCUT2D eigenvalue weighted by Gasteiger charge is 2.11. The van der Waals surface area contributed by atoms with Gasteiger partial charge in [-0.25, -0.2) is 4.98 Å². The molecule has 0 aliphatic rings. The van der Waals surface area contributed by atoms with E-state index in [-0.39, 0.29) is 6.04 Å². The summed E-state index contributed by atoms with van der Waals surface area (Å²) in [5.74, 6) is 0.739. The first-order valence-electron chi connectivity index (χ1n) is 5.65. The Bertz CT molecular complexity index is 563. The molecule has 3 nitrogen and oxygen atoms in total. The molecule has 2 rings (SSSR count). The van der Waals surface area contributed by atoms with E-state index in [1.807, 2.05) is 12.1 Å². The van der Waals surface area contributed by atoms with Crippen LogP contribution in [-0.2, 0) is 0 Å². The van der Waals surface area contributed by atoms with E-state index in [2.05, 4.69) is 36.3 Å². The average Bonchev–Trinajstić information content (AvgIpc) is 2.76. The number of pyridine rings is 1. The second kappa shape index (κ2) is 5.46. The molecule has 0 saturated heterocycles. The number of nitrogens with two attached hydrogens (primary N) is 1. The van der Waals surface area contributed by atoms with Crippen LogP contribution in [-0.4, -0.2) is 9.97 Å². The molecule has 2 heterocycles. The molecule has 0 aliphatic carbocycles. The van der Waals surface area contributed by atoms with E-state index in [1.165, 1.54) is 9.75 Å². The number of thiophene rings is 1. The van der Waals surface area contributed by atoms with Gasteiger partial charge >= 0.3 is 0 Å². The number of rotatable bonds is 4. The van der Waals surface area contributed by atoms with Crippen LogP contribution in [0.5, 0.6) is 0 Å². The van der Waals surface area contributed by atoms with Crippen LogP contribution in [0.1, 0.15) is 28.3 Å². The summed E-state index contributed by atoms with van der Waals surface area (Å²) in [4.78, 5) is 7.23. The Hall–Kier alpha value is -1.46. The van der Waals surface area contributed by atoms with Gasteiger partial charge in [0.05, 0.1) is 11.6 Å². The molecule has 1 unspecified atom stereocenters. The molecule has 1 atom stereocenters. The zero-order valence-corrected chi connectivity index (χ0v) is 11.9. The Morgan fingerprint density at radius 2 is 2.22 bits per heavy atom. The van der Waals surface area contributed by atoms with Crippen molar-refractivity contribution in [1.29, 1.82) is 0 Å². The van der Waals surface area contributed by atoms with Gasteiger partial charge in [-0.2, -0.15) is 0 Å². The van der Waals surface area contributed by atoms with Crippen molar-refractivity contribution in [3.63, 3.8) is 0 Å². The van der Waals surface area contributed by atoms with Gasteiger partial charge in [-0.05, 0) is 38.1 Å². The molecular weight excluding hydrogens is 262 g/mol. The molecule has 0 radical (unpaired) electrons. The van der Waals surface area contributed by atoms with Gasteiger partial charge in [-0.15, -0.1) is 11.3 Å². The summed E-state index contributed by atoms with van der Waals surface area (Å²) < 4.78 is 0. The van der Waals surface area contributed by atoms with E-state index < -0.39 is 0 Å². The highest BCUT2D eigenvalue weighted by atomic mass is 32.1. The lowest BCUT2D eigenvalue weighted by Gasteiger charge is -2.15. The number of nitrogens with one attached hydrogen (secondary N) is 1. The van der Waals surface area contributed by atoms with Crippen LogP contribution in [0.15, 0.2) is 30.5 Å². The fourth-order valence-electron chi connectivity index (χ4n) is 1.68.